The Hall–Kier alpha value is -0.190. The second-order valence-corrected chi connectivity index (χ2v) is 8.27. The maximum Gasteiger partial charge on any atom is 1.00 e. The molecule has 3 atom stereocenters. The van der Waals surface area contributed by atoms with E-state index in [1.54, 1.807) is 0 Å². The van der Waals surface area contributed by atoms with Gasteiger partial charge in [0.1, 0.15) is 0 Å². The first-order chi connectivity index (χ1) is 11.7. The van der Waals surface area contributed by atoms with Crippen molar-refractivity contribution in [2.75, 3.05) is 14.2 Å². The van der Waals surface area contributed by atoms with E-state index in [0.717, 1.165) is 0 Å². The summed E-state index contributed by atoms with van der Waals surface area (Å²) in [5.74, 6) is -2.10. The van der Waals surface area contributed by atoms with Crippen LogP contribution in [0.3, 0.4) is 0 Å². The molecule has 3 unspecified atom stereocenters. The molecule has 0 spiro atoms. The molecular formula is C16H25NaO8S. The van der Waals surface area contributed by atoms with Crippen molar-refractivity contribution in [1.29, 1.82) is 0 Å². The van der Waals surface area contributed by atoms with E-state index in [1.807, 2.05) is 6.42 Å². The summed E-state index contributed by atoms with van der Waals surface area (Å²) in [6, 6.07) is 0. The zero-order valence-electron chi connectivity index (χ0n) is 15.5. The molecule has 1 N–H and O–H groups in total. The van der Waals surface area contributed by atoms with Crippen molar-refractivity contribution >= 4 is 22.1 Å². The summed E-state index contributed by atoms with van der Waals surface area (Å²) in [5, 5.41) is 0. The summed E-state index contributed by atoms with van der Waals surface area (Å²) in [4.78, 5) is 22.2. The number of methoxy groups -OCH3 is 2. The summed E-state index contributed by atoms with van der Waals surface area (Å²) >= 11 is 0. The monoisotopic (exact) mass is 400 g/mol. The Morgan fingerprint density at radius 1 is 1.08 bits per heavy atom. The van der Waals surface area contributed by atoms with Crippen LogP contribution in [0.5, 0.6) is 0 Å². The van der Waals surface area contributed by atoms with Crippen molar-refractivity contribution in [2.45, 2.75) is 56.0 Å². The molecule has 0 aromatic rings. The van der Waals surface area contributed by atoms with Gasteiger partial charge in [0, 0.05) is 0 Å². The summed E-state index contributed by atoms with van der Waals surface area (Å²) in [5.41, 5.74) is 0. The van der Waals surface area contributed by atoms with Gasteiger partial charge in [0.2, 0.25) is 0 Å². The Morgan fingerprint density at radius 2 is 1.65 bits per heavy atom. The van der Waals surface area contributed by atoms with E-state index in [2.05, 4.69) is 0 Å². The molecule has 0 aromatic carbocycles. The van der Waals surface area contributed by atoms with E-state index in [-0.39, 0.29) is 48.8 Å². The van der Waals surface area contributed by atoms with Crippen molar-refractivity contribution in [2.24, 2.45) is 11.8 Å². The van der Waals surface area contributed by atoms with Crippen molar-refractivity contribution in [1.82, 2.24) is 0 Å². The first-order valence-corrected chi connectivity index (χ1v) is 9.80. The van der Waals surface area contributed by atoms with Gasteiger partial charge in [-0.15, -0.1) is 0 Å². The maximum absolute atomic E-state index is 12.1. The van der Waals surface area contributed by atoms with Gasteiger partial charge in [0.25, 0.3) is 10.1 Å². The zero-order chi connectivity index (χ0) is 18.7. The summed E-state index contributed by atoms with van der Waals surface area (Å²) in [6.45, 7) is 0. The van der Waals surface area contributed by atoms with Crippen molar-refractivity contribution in [3.63, 3.8) is 0 Å². The molecule has 0 saturated heterocycles. The van der Waals surface area contributed by atoms with E-state index >= 15 is 0 Å². The molecule has 0 aliphatic heterocycles. The van der Waals surface area contributed by atoms with E-state index in [9.17, 15) is 22.6 Å². The third-order valence-corrected chi connectivity index (χ3v) is 6.57. The number of hydrogen-bond donors (Lipinski definition) is 1. The van der Waals surface area contributed by atoms with Gasteiger partial charge in [-0.2, -0.15) is 21.3 Å². The minimum Gasteiger partial charge on any atom is -0.469 e. The van der Waals surface area contributed by atoms with Crippen LogP contribution in [0.4, 0.5) is 0 Å². The molecule has 0 amide bonds. The van der Waals surface area contributed by atoms with E-state index in [0.29, 0.717) is 25.7 Å². The van der Waals surface area contributed by atoms with E-state index < -0.39 is 44.9 Å². The van der Waals surface area contributed by atoms with Crippen LogP contribution in [0, 0.1) is 18.3 Å². The fourth-order valence-electron chi connectivity index (χ4n) is 3.69. The molecule has 2 saturated carbocycles. The molecular weight excluding hydrogens is 375 g/mol. The Kier molecular flexibility index (Phi) is 9.02. The van der Waals surface area contributed by atoms with Crippen LogP contribution < -0.4 is 29.6 Å². The van der Waals surface area contributed by atoms with E-state index in [1.165, 1.54) is 14.2 Å². The number of esters is 2. The van der Waals surface area contributed by atoms with Crippen LogP contribution in [0.2, 0.25) is 0 Å². The Morgan fingerprint density at radius 3 is 2.15 bits per heavy atom. The van der Waals surface area contributed by atoms with Gasteiger partial charge < -0.3 is 20.6 Å². The molecule has 8 nitrogen and oxygen atoms in total. The minimum absolute atomic E-state index is 0. The van der Waals surface area contributed by atoms with Crippen LogP contribution in [-0.2, 0) is 33.9 Å². The Balaban J connectivity index is 0.00000338. The average molecular weight is 400 g/mol. The van der Waals surface area contributed by atoms with Crippen LogP contribution in [0.1, 0.15) is 44.9 Å². The molecule has 0 radical (unpaired) electrons. The third-order valence-electron chi connectivity index (χ3n) is 5.13. The zero-order valence-corrected chi connectivity index (χ0v) is 18.3. The van der Waals surface area contributed by atoms with Gasteiger partial charge in [0.15, 0.2) is 4.93 Å². The predicted octanol–water partition coefficient (Wildman–Crippen LogP) is -1.50. The third kappa shape index (κ3) is 5.20. The smallest absolute Gasteiger partial charge is 0.469 e. The molecule has 0 aromatic heterocycles. The summed E-state index contributed by atoms with van der Waals surface area (Å²) in [6.07, 6.45) is 3.18. The van der Waals surface area contributed by atoms with Crippen LogP contribution in [0.15, 0.2) is 0 Å². The number of ether oxygens (including phenoxy) is 3. The van der Waals surface area contributed by atoms with E-state index in [4.69, 9.17) is 14.2 Å². The standard InChI is InChI=1S/C16H25O8S.Na/c1-22-14(17)11-6-7-12(15(18)23-2)13(10-11)24-16(25(19,20)21)8-4-3-5-9-16;/h3,11-13H,4-10H2,1-2H3,(H,19,20,21);/q-1;+1. The number of carbonyl (C=O) groups excluding carboxylic acids is 2. The molecule has 2 fully saturated rings. The fourth-order valence-corrected chi connectivity index (χ4v) is 4.68. The molecule has 2 aliphatic carbocycles. The quantitative estimate of drug-likeness (QED) is 0.257. The Bertz CT molecular complexity index is 599. The van der Waals surface area contributed by atoms with Gasteiger partial charge in [-0.25, -0.2) is 0 Å². The molecule has 0 heterocycles. The van der Waals surface area contributed by atoms with Crippen molar-refractivity contribution < 1.29 is 66.3 Å². The minimum atomic E-state index is -4.50. The predicted molar refractivity (Wildman–Crippen MR) is 86.8 cm³/mol. The SMILES string of the molecule is COC(=O)C1CCC(C(=O)OC)C(OC2(S(=O)(=O)O)CC[CH-]CC2)C1.[Na+]. The van der Waals surface area contributed by atoms with Crippen LogP contribution >= 0.6 is 0 Å². The second kappa shape index (κ2) is 9.84. The van der Waals surface area contributed by atoms with Gasteiger partial charge in [0.05, 0.1) is 32.2 Å². The molecule has 2 rings (SSSR count). The van der Waals surface area contributed by atoms with Crippen LogP contribution in [-0.4, -0.2) is 50.2 Å². The summed E-state index contributed by atoms with van der Waals surface area (Å²) in [7, 11) is -1.97. The number of carbonyl (C=O) groups is 2. The van der Waals surface area contributed by atoms with Gasteiger partial charge >= 0.3 is 41.5 Å². The largest absolute Gasteiger partial charge is 1.00 e. The molecule has 2 aliphatic rings. The molecule has 144 valence electrons. The first-order valence-electron chi connectivity index (χ1n) is 8.36. The Labute approximate surface area is 176 Å². The van der Waals surface area contributed by atoms with Gasteiger partial charge in [-0.1, -0.05) is 0 Å². The second-order valence-electron chi connectivity index (χ2n) is 6.57. The van der Waals surface area contributed by atoms with Gasteiger partial charge in [-0.3, -0.25) is 14.1 Å². The normalized spacial score (nSPS) is 28.5. The first kappa shape index (κ1) is 23.8. The van der Waals surface area contributed by atoms with Crippen LogP contribution in [0.25, 0.3) is 0 Å². The topological polar surface area (TPSA) is 116 Å². The molecule has 10 heteroatoms. The fraction of sp³-hybridized carbons (Fsp3) is 0.812. The van der Waals surface area contributed by atoms with Crippen molar-refractivity contribution in [3.05, 3.63) is 6.42 Å². The maximum atomic E-state index is 12.1. The number of rotatable bonds is 5. The average Bonchev–Trinajstić information content (AvgIpc) is 2.60. The van der Waals surface area contributed by atoms with Gasteiger partial charge in [-0.05, 0) is 32.1 Å². The summed E-state index contributed by atoms with van der Waals surface area (Å²) < 4.78 is 49.2. The van der Waals surface area contributed by atoms with Crippen molar-refractivity contribution in [3.8, 4) is 0 Å². The number of hydrogen-bond acceptors (Lipinski definition) is 7. The molecule has 0 bridgehead atoms. The molecule has 26 heavy (non-hydrogen) atoms.